The molecule has 4 N–H and O–H groups in total. The summed E-state index contributed by atoms with van der Waals surface area (Å²) in [6.07, 6.45) is 0.806. The molecular weight excluding hydrogens is 380 g/mol. The number of carbonyl (C=O) groups excluding carboxylic acids is 2. The topological polar surface area (TPSA) is 89.5 Å². The van der Waals surface area contributed by atoms with Crippen molar-refractivity contribution < 1.29 is 14.5 Å². The molecule has 6 nitrogen and oxygen atoms in total. The minimum absolute atomic E-state index is 0.237. The minimum Gasteiger partial charge on any atom is -0.365 e. The number of primary amides is 1. The molecule has 1 unspecified atom stereocenters. The van der Waals surface area contributed by atoms with Crippen LogP contribution in [0, 0.1) is 0 Å². The summed E-state index contributed by atoms with van der Waals surface area (Å²) < 4.78 is 0.958. The van der Waals surface area contributed by atoms with E-state index in [0.717, 1.165) is 40.2 Å². The van der Waals surface area contributed by atoms with Crippen LogP contribution in [0.4, 0.5) is 5.00 Å². The number of carbonyl (C=O) groups is 2. The van der Waals surface area contributed by atoms with Crippen molar-refractivity contribution in [1.82, 2.24) is 4.98 Å². The van der Waals surface area contributed by atoms with E-state index in [9.17, 15) is 9.59 Å². The van der Waals surface area contributed by atoms with Crippen molar-refractivity contribution in [2.75, 3.05) is 11.9 Å². The van der Waals surface area contributed by atoms with Crippen LogP contribution in [0.1, 0.15) is 45.0 Å². The van der Waals surface area contributed by atoms with E-state index in [0.29, 0.717) is 22.2 Å². The van der Waals surface area contributed by atoms with Crippen molar-refractivity contribution in [3.8, 4) is 0 Å². The van der Waals surface area contributed by atoms with Gasteiger partial charge in [-0.1, -0.05) is 0 Å². The SMILES string of the molecule is CC(C)[NH+]1CCc2c(sc(NC(=O)c3ccc4ncsc4c3)c2C(N)=O)C1. The molecule has 8 heteroatoms. The smallest absolute Gasteiger partial charge is 0.256 e. The van der Waals surface area contributed by atoms with E-state index in [4.69, 9.17) is 5.73 Å². The Morgan fingerprint density at radius 1 is 1.33 bits per heavy atom. The number of quaternary nitrogens is 1. The molecule has 140 valence electrons. The van der Waals surface area contributed by atoms with E-state index in [1.807, 2.05) is 12.1 Å². The lowest BCUT2D eigenvalue weighted by atomic mass is 10.0. The monoisotopic (exact) mass is 401 g/mol. The van der Waals surface area contributed by atoms with E-state index < -0.39 is 5.91 Å². The van der Waals surface area contributed by atoms with E-state index in [2.05, 4.69) is 24.1 Å². The number of aromatic nitrogens is 1. The molecule has 0 radical (unpaired) electrons. The molecular formula is C19H21N4O2S2+. The van der Waals surface area contributed by atoms with Crippen molar-refractivity contribution >= 4 is 49.7 Å². The van der Waals surface area contributed by atoms with Gasteiger partial charge in [0.15, 0.2) is 0 Å². The van der Waals surface area contributed by atoms with Crippen LogP contribution in [0.15, 0.2) is 23.7 Å². The minimum atomic E-state index is -0.478. The van der Waals surface area contributed by atoms with Gasteiger partial charge in [-0.2, -0.15) is 0 Å². The molecule has 0 spiro atoms. The van der Waals surface area contributed by atoms with Gasteiger partial charge in [0.05, 0.1) is 38.8 Å². The molecule has 2 amide bonds. The summed E-state index contributed by atoms with van der Waals surface area (Å²) in [6.45, 7) is 6.22. The fourth-order valence-corrected chi connectivity index (χ4v) is 5.53. The lowest BCUT2D eigenvalue weighted by Gasteiger charge is -2.27. The van der Waals surface area contributed by atoms with E-state index in [-0.39, 0.29) is 5.91 Å². The van der Waals surface area contributed by atoms with Crippen LogP contribution in [0.3, 0.4) is 0 Å². The predicted octanol–water partition coefficient (Wildman–Crippen LogP) is 2.06. The summed E-state index contributed by atoms with van der Waals surface area (Å²) in [5.74, 6) is -0.715. The quantitative estimate of drug-likeness (QED) is 0.625. The zero-order valence-corrected chi connectivity index (χ0v) is 16.8. The highest BCUT2D eigenvalue weighted by molar-refractivity contribution is 7.17. The van der Waals surface area contributed by atoms with Crippen molar-refractivity contribution in [2.24, 2.45) is 5.73 Å². The Labute approximate surface area is 165 Å². The number of anilines is 1. The second-order valence-electron chi connectivity index (χ2n) is 7.05. The van der Waals surface area contributed by atoms with Crippen molar-refractivity contribution in [2.45, 2.75) is 32.9 Å². The Morgan fingerprint density at radius 3 is 2.89 bits per heavy atom. The number of thiophene rings is 1. The second kappa shape index (κ2) is 7.03. The molecule has 1 aliphatic rings. The number of amides is 2. The number of nitrogens with one attached hydrogen (secondary N) is 2. The summed E-state index contributed by atoms with van der Waals surface area (Å²) in [5.41, 5.74) is 10.3. The third kappa shape index (κ3) is 3.36. The number of hydrogen-bond acceptors (Lipinski definition) is 5. The number of fused-ring (bicyclic) bond motifs is 2. The van der Waals surface area contributed by atoms with Gasteiger partial charge in [-0.25, -0.2) is 4.98 Å². The van der Waals surface area contributed by atoms with Crippen molar-refractivity contribution in [1.29, 1.82) is 0 Å². The first kappa shape index (κ1) is 18.1. The number of benzene rings is 1. The van der Waals surface area contributed by atoms with Crippen molar-refractivity contribution in [3.63, 3.8) is 0 Å². The molecule has 3 heterocycles. The van der Waals surface area contributed by atoms with Crippen LogP contribution < -0.4 is 16.0 Å². The van der Waals surface area contributed by atoms with Crippen molar-refractivity contribution in [3.05, 3.63) is 45.3 Å². The van der Waals surface area contributed by atoms with Gasteiger partial charge in [-0.15, -0.1) is 22.7 Å². The van der Waals surface area contributed by atoms with Crippen LogP contribution in [-0.4, -0.2) is 29.4 Å². The van der Waals surface area contributed by atoms with Gasteiger partial charge in [0, 0.05) is 12.0 Å². The molecule has 4 rings (SSSR count). The molecule has 2 aromatic heterocycles. The van der Waals surface area contributed by atoms with Crippen LogP contribution in [0.25, 0.3) is 10.2 Å². The number of hydrogen-bond donors (Lipinski definition) is 3. The fraction of sp³-hybridized carbons (Fsp3) is 0.316. The Morgan fingerprint density at radius 2 is 2.15 bits per heavy atom. The maximum absolute atomic E-state index is 12.8. The number of rotatable bonds is 4. The lowest BCUT2D eigenvalue weighted by Crippen LogP contribution is -3.14. The molecule has 0 fully saturated rings. The Bertz CT molecular complexity index is 1040. The highest BCUT2D eigenvalue weighted by Gasteiger charge is 2.30. The first-order chi connectivity index (χ1) is 12.9. The molecule has 0 saturated carbocycles. The highest BCUT2D eigenvalue weighted by atomic mass is 32.1. The van der Waals surface area contributed by atoms with E-state index in [1.165, 1.54) is 27.6 Å². The molecule has 1 aliphatic heterocycles. The maximum atomic E-state index is 12.8. The lowest BCUT2D eigenvalue weighted by molar-refractivity contribution is -0.936. The third-order valence-corrected chi connectivity index (χ3v) is 7.00. The predicted molar refractivity (Wildman–Crippen MR) is 109 cm³/mol. The fourth-order valence-electron chi connectivity index (χ4n) is 3.51. The average molecular weight is 402 g/mol. The van der Waals surface area contributed by atoms with Gasteiger partial charge in [-0.3, -0.25) is 9.59 Å². The number of thiazole rings is 1. The molecule has 0 saturated heterocycles. The molecule has 1 atom stereocenters. The Kier molecular flexibility index (Phi) is 4.71. The largest absolute Gasteiger partial charge is 0.365 e. The molecule has 27 heavy (non-hydrogen) atoms. The molecule has 1 aromatic carbocycles. The Hall–Kier alpha value is -2.29. The van der Waals surface area contributed by atoms with Gasteiger partial charge in [0.2, 0.25) is 0 Å². The van der Waals surface area contributed by atoms with Gasteiger partial charge in [0.25, 0.3) is 11.8 Å². The van der Waals surface area contributed by atoms with Crippen LogP contribution >= 0.6 is 22.7 Å². The van der Waals surface area contributed by atoms with Crippen LogP contribution in [-0.2, 0) is 13.0 Å². The standard InChI is InChI=1S/C19H20N4O2S2/c1-10(2)23-6-5-12-15(8-23)27-19(16(12)17(20)24)22-18(25)11-3-4-13-14(7-11)26-9-21-13/h3-4,7,9-10H,5-6,8H2,1-2H3,(H2,20,24)(H,22,25)/p+1. The zero-order chi connectivity index (χ0) is 19.1. The van der Waals surface area contributed by atoms with Gasteiger partial charge >= 0.3 is 0 Å². The van der Waals surface area contributed by atoms with E-state index in [1.54, 1.807) is 11.6 Å². The molecule has 3 aromatic rings. The average Bonchev–Trinajstić information content (AvgIpc) is 3.23. The van der Waals surface area contributed by atoms with Crippen LogP contribution in [0.2, 0.25) is 0 Å². The first-order valence-electron chi connectivity index (χ1n) is 8.87. The molecule has 0 bridgehead atoms. The maximum Gasteiger partial charge on any atom is 0.256 e. The normalized spacial score (nSPS) is 16.5. The number of nitrogens with two attached hydrogens (primary N) is 1. The van der Waals surface area contributed by atoms with E-state index >= 15 is 0 Å². The second-order valence-corrected chi connectivity index (χ2v) is 9.04. The third-order valence-electron chi connectivity index (χ3n) is 5.06. The Balaban J connectivity index is 1.65. The number of nitrogens with zero attached hydrogens (tertiary/aromatic N) is 1. The van der Waals surface area contributed by atoms with Gasteiger partial charge in [-0.05, 0) is 37.6 Å². The van der Waals surface area contributed by atoms with Crippen LogP contribution in [0.5, 0.6) is 0 Å². The first-order valence-corrected chi connectivity index (χ1v) is 10.6. The van der Waals surface area contributed by atoms with Gasteiger partial charge in [0.1, 0.15) is 11.5 Å². The summed E-state index contributed by atoms with van der Waals surface area (Å²) in [6, 6.07) is 5.92. The molecule has 0 aliphatic carbocycles. The summed E-state index contributed by atoms with van der Waals surface area (Å²) in [7, 11) is 0. The summed E-state index contributed by atoms with van der Waals surface area (Å²) in [4.78, 5) is 31.7. The summed E-state index contributed by atoms with van der Waals surface area (Å²) in [5, 5.41) is 3.48. The highest BCUT2D eigenvalue weighted by Crippen LogP contribution is 2.35. The summed E-state index contributed by atoms with van der Waals surface area (Å²) >= 11 is 2.97. The van der Waals surface area contributed by atoms with Gasteiger partial charge < -0.3 is 16.0 Å². The zero-order valence-electron chi connectivity index (χ0n) is 15.2.